The van der Waals surface area contributed by atoms with Gasteiger partial charge >= 0.3 is 0 Å². The second-order valence-electron chi connectivity index (χ2n) is 6.74. The van der Waals surface area contributed by atoms with Crippen molar-refractivity contribution in [2.75, 3.05) is 0 Å². The Kier molecular flexibility index (Phi) is 5.87. The molecule has 0 saturated carbocycles. The minimum atomic E-state index is -0.364. The maximum Gasteiger partial charge on any atom is 0.260 e. The van der Waals surface area contributed by atoms with Gasteiger partial charge in [-0.2, -0.15) is 0 Å². The van der Waals surface area contributed by atoms with Gasteiger partial charge in [-0.3, -0.25) is 4.79 Å². The highest BCUT2D eigenvalue weighted by Crippen LogP contribution is 2.29. The first-order chi connectivity index (χ1) is 13.4. The van der Waals surface area contributed by atoms with Crippen LogP contribution >= 0.6 is 0 Å². The van der Waals surface area contributed by atoms with Crippen LogP contribution in [0.5, 0.6) is 0 Å². The number of hydrogen-bond donors (Lipinski definition) is 0. The molecule has 0 spiro atoms. The molecule has 0 aliphatic carbocycles. The van der Waals surface area contributed by atoms with E-state index in [2.05, 4.69) is 5.16 Å². The van der Waals surface area contributed by atoms with Crippen LogP contribution < -0.4 is 0 Å². The van der Waals surface area contributed by atoms with Crippen LogP contribution in [0.1, 0.15) is 52.3 Å². The Morgan fingerprint density at radius 2 is 1.82 bits per heavy atom. The Bertz CT molecular complexity index is 947. The van der Waals surface area contributed by atoms with Gasteiger partial charge < -0.3 is 9.42 Å². The van der Waals surface area contributed by atoms with Gasteiger partial charge in [-0.15, -0.1) is 0 Å². The molecule has 28 heavy (non-hydrogen) atoms. The van der Waals surface area contributed by atoms with Crippen LogP contribution in [0.25, 0.3) is 0 Å². The summed E-state index contributed by atoms with van der Waals surface area (Å²) in [5.41, 5.74) is 2.37. The lowest BCUT2D eigenvalue weighted by molar-refractivity contribution is 0.0649. The molecular weight excluding hydrogens is 362 g/mol. The van der Waals surface area contributed by atoms with Gasteiger partial charge in [0.15, 0.2) is 0 Å². The van der Waals surface area contributed by atoms with Crippen molar-refractivity contribution < 1.29 is 18.1 Å². The van der Waals surface area contributed by atoms with Crippen LogP contribution in [0.15, 0.2) is 53.1 Å². The highest BCUT2D eigenvalue weighted by atomic mass is 19.1. The molecule has 6 heteroatoms. The summed E-state index contributed by atoms with van der Waals surface area (Å²) in [4.78, 5) is 15.1. The summed E-state index contributed by atoms with van der Waals surface area (Å²) in [6.45, 7) is 5.55. The summed E-state index contributed by atoms with van der Waals surface area (Å²) in [5, 5.41) is 3.88. The van der Waals surface area contributed by atoms with Gasteiger partial charge in [-0.1, -0.05) is 36.3 Å². The van der Waals surface area contributed by atoms with Crippen LogP contribution in [-0.2, 0) is 6.54 Å². The Morgan fingerprint density at radius 3 is 2.39 bits per heavy atom. The molecule has 0 radical (unpaired) electrons. The highest BCUT2D eigenvalue weighted by molar-refractivity contribution is 5.96. The minimum Gasteiger partial charge on any atom is -0.361 e. The lowest BCUT2D eigenvalue weighted by Crippen LogP contribution is -2.35. The van der Waals surface area contributed by atoms with Crippen LogP contribution in [0.3, 0.4) is 0 Å². The lowest BCUT2D eigenvalue weighted by Gasteiger charge is -2.32. The Balaban J connectivity index is 2.04. The third-order valence-electron chi connectivity index (χ3n) is 4.77. The van der Waals surface area contributed by atoms with E-state index >= 15 is 0 Å². The summed E-state index contributed by atoms with van der Waals surface area (Å²) in [6.07, 6.45) is 0.607. The SMILES string of the molecule is CCC(c1ccc(F)cc1)N(Cc1cccc(F)c1)C(=O)c1c(C)noc1C. The Morgan fingerprint density at radius 1 is 1.11 bits per heavy atom. The highest BCUT2D eigenvalue weighted by Gasteiger charge is 2.29. The summed E-state index contributed by atoms with van der Waals surface area (Å²) >= 11 is 0. The van der Waals surface area contributed by atoms with Crippen LogP contribution in [-0.4, -0.2) is 16.0 Å². The number of benzene rings is 2. The largest absolute Gasteiger partial charge is 0.361 e. The molecular formula is C22H22F2N2O2. The van der Waals surface area contributed by atoms with Gasteiger partial charge in [0.2, 0.25) is 0 Å². The lowest BCUT2D eigenvalue weighted by atomic mass is 10.00. The molecule has 146 valence electrons. The standard InChI is InChI=1S/C22H22F2N2O2/c1-4-20(17-8-10-18(23)11-9-17)26(13-16-6-5-7-19(24)12-16)22(27)21-14(2)25-28-15(21)3/h5-12,20H,4,13H2,1-3H3. The fourth-order valence-electron chi connectivity index (χ4n) is 3.41. The van der Waals surface area contributed by atoms with Crippen molar-refractivity contribution in [3.8, 4) is 0 Å². The van der Waals surface area contributed by atoms with E-state index in [4.69, 9.17) is 4.52 Å². The molecule has 0 saturated heterocycles. The van der Waals surface area contributed by atoms with Gasteiger partial charge in [0.05, 0.1) is 11.7 Å². The topological polar surface area (TPSA) is 46.3 Å². The van der Waals surface area contributed by atoms with E-state index in [1.54, 1.807) is 43.0 Å². The zero-order chi connectivity index (χ0) is 20.3. The van der Waals surface area contributed by atoms with E-state index < -0.39 is 0 Å². The maximum atomic E-state index is 13.7. The molecule has 0 aliphatic rings. The van der Waals surface area contributed by atoms with Gasteiger partial charge in [-0.25, -0.2) is 8.78 Å². The number of rotatable bonds is 6. The summed E-state index contributed by atoms with van der Waals surface area (Å²) in [5.74, 6) is -0.526. The summed E-state index contributed by atoms with van der Waals surface area (Å²) in [6, 6.07) is 11.9. The molecule has 0 aliphatic heterocycles. The van der Waals surface area contributed by atoms with Crippen molar-refractivity contribution in [1.82, 2.24) is 10.1 Å². The van der Waals surface area contributed by atoms with Gasteiger partial charge in [0, 0.05) is 6.54 Å². The molecule has 1 aromatic heterocycles. The number of halogens is 2. The fraction of sp³-hybridized carbons (Fsp3) is 0.273. The zero-order valence-electron chi connectivity index (χ0n) is 16.1. The monoisotopic (exact) mass is 384 g/mol. The predicted octanol–water partition coefficient (Wildman–Crippen LogP) is 5.36. The van der Waals surface area contributed by atoms with E-state index in [1.807, 2.05) is 6.92 Å². The number of hydrogen-bond acceptors (Lipinski definition) is 3. The zero-order valence-corrected chi connectivity index (χ0v) is 16.1. The van der Waals surface area contributed by atoms with Crippen molar-refractivity contribution >= 4 is 5.91 Å². The average Bonchev–Trinajstić information content (AvgIpc) is 3.01. The van der Waals surface area contributed by atoms with E-state index in [0.717, 1.165) is 5.56 Å². The second kappa shape index (κ2) is 8.33. The number of aryl methyl sites for hydroxylation is 2. The fourth-order valence-corrected chi connectivity index (χ4v) is 3.41. The quantitative estimate of drug-likeness (QED) is 0.574. The van der Waals surface area contributed by atoms with Crippen molar-refractivity contribution in [1.29, 1.82) is 0 Å². The molecule has 3 aromatic rings. The predicted molar refractivity (Wildman–Crippen MR) is 102 cm³/mol. The Labute approximate surface area is 162 Å². The first kappa shape index (κ1) is 19.7. The minimum absolute atomic E-state index is 0.205. The van der Waals surface area contributed by atoms with Crippen LogP contribution in [0.4, 0.5) is 8.78 Å². The normalized spacial score (nSPS) is 12.0. The first-order valence-electron chi connectivity index (χ1n) is 9.14. The third-order valence-corrected chi connectivity index (χ3v) is 4.77. The molecule has 1 atom stereocenters. The molecule has 0 N–H and O–H groups in total. The van der Waals surface area contributed by atoms with E-state index in [9.17, 15) is 13.6 Å². The summed E-state index contributed by atoms with van der Waals surface area (Å²) < 4.78 is 32.3. The van der Waals surface area contributed by atoms with Crippen LogP contribution in [0.2, 0.25) is 0 Å². The third kappa shape index (κ3) is 4.11. The van der Waals surface area contributed by atoms with Crippen LogP contribution in [0, 0.1) is 25.5 Å². The van der Waals surface area contributed by atoms with E-state index in [1.165, 1.54) is 24.3 Å². The molecule has 0 bridgehead atoms. The van der Waals surface area contributed by atoms with Crippen molar-refractivity contribution in [2.24, 2.45) is 0 Å². The molecule has 1 unspecified atom stereocenters. The molecule has 1 amide bonds. The van der Waals surface area contributed by atoms with E-state index in [0.29, 0.717) is 29.0 Å². The number of amides is 1. The smallest absolute Gasteiger partial charge is 0.260 e. The molecule has 4 nitrogen and oxygen atoms in total. The van der Waals surface area contributed by atoms with Gasteiger partial charge in [-0.05, 0) is 55.7 Å². The Hall–Kier alpha value is -3.02. The maximum absolute atomic E-state index is 13.7. The second-order valence-corrected chi connectivity index (χ2v) is 6.74. The molecule has 3 rings (SSSR count). The van der Waals surface area contributed by atoms with E-state index in [-0.39, 0.29) is 30.1 Å². The summed E-state index contributed by atoms with van der Waals surface area (Å²) in [7, 11) is 0. The van der Waals surface area contributed by atoms with Gasteiger partial charge in [0.1, 0.15) is 23.0 Å². The number of nitrogens with zero attached hydrogens (tertiary/aromatic N) is 2. The van der Waals surface area contributed by atoms with Crippen molar-refractivity contribution in [3.63, 3.8) is 0 Å². The molecule has 0 fully saturated rings. The number of carbonyl (C=O) groups excluding carboxylic acids is 1. The number of aromatic nitrogens is 1. The molecule has 1 heterocycles. The molecule has 2 aromatic carbocycles. The number of carbonyl (C=O) groups is 1. The first-order valence-corrected chi connectivity index (χ1v) is 9.14. The average molecular weight is 384 g/mol. The van der Waals surface area contributed by atoms with Gasteiger partial charge in [0.25, 0.3) is 5.91 Å². The van der Waals surface area contributed by atoms with Crippen molar-refractivity contribution in [3.05, 3.63) is 88.3 Å². The van der Waals surface area contributed by atoms with Crippen molar-refractivity contribution in [2.45, 2.75) is 39.8 Å².